The molecule has 2 aromatic rings. The molecule has 184 valence electrons. The number of hydrogen-bond donors (Lipinski definition) is 1. The van der Waals surface area contributed by atoms with Crippen molar-refractivity contribution >= 4 is 46.5 Å². The number of benzene rings is 1. The first-order valence-electron chi connectivity index (χ1n) is 11.9. The van der Waals surface area contributed by atoms with Crippen molar-refractivity contribution in [3.05, 3.63) is 58.8 Å². The summed E-state index contributed by atoms with van der Waals surface area (Å²) >= 11 is 6.46. The summed E-state index contributed by atoms with van der Waals surface area (Å²) in [6, 6.07) is 7.14. The van der Waals surface area contributed by atoms with Crippen molar-refractivity contribution in [2.45, 2.75) is 56.5 Å². The molecule has 2 aliphatic rings. The van der Waals surface area contributed by atoms with Gasteiger partial charge in [-0.05, 0) is 66.5 Å². The molecule has 0 spiro atoms. The van der Waals surface area contributed by atoms with E-state index in [1.165, 1.54) is 4.31 Å². The number of aromatic nitrogens is 2. The zero-order valence-corrected chi connectivity index (χ0v) is 22.0. The van der Waals surface area contributed by atoms with Gasteiger partial charge in [-0.25, -0.2) is 22.4 Å². The molecule has 0 saturated carbocycles. The minimum atomic E-state index is -3.54. The van der Waals surface area contributed by atoms with Gasteiger partial charge in [0.05, 0.1) is 10.6 Å². The average Bonchev–Trinajstić information content (AvgIpc) is 3.22. The van der Waals surface area contributed by atoms with E-state index in [0.717, 1.165) is 29.7 Å². The van der Waals surface area contributed by atoms with E-state index in [2.05, 4.69) is 30.3 Å². The molecule has 1 aliphatic carbocycles. The lowest BCUT2D eigenvalue weighted by Crippen LogP contribution is -2.35. The molecule has 2 radical (unpaired) electrons. The number of allylic oxidation sites excluding steroid dienone is 4. The molecule has 10 heteroatoms. The SMILES string of the molecule is [B]c1cnn2c1N=C(C1=C(Cl)C=CCC1)CC2NCCCN(C)S(=O)(=O)c1ccc(C(C)C)cc1. The molecule has 1 aliphatic heterocycles. The number of fused-ring (bicyclic) bond motifs is 1. The van der Waals surface area contributed by atoms with Gasteiger partial charge in [0.2, 0.25) is 10.0 Å². The lowest BCUT2D eigenvalue weighted by atomic mass is 9.95. The number of halogens is 1. The highest BCUT2D eigenvalue weighted by Crippen LogP contribution is 2.31. The van der Waals surface area contributed by atoms with Crippen LogP contribution in [0, 0.1) is 0 Å². The second kappa shape index (κ2) is 10.8. The molecule has 4 rings (SSSR count). The van der Waals surface area contributed by atoms with Crippen molar-refractivity contribution in [2.24, 2.45) is 4.99 Å². The minimum Gasteiger partial charge on any atom is -0.295 e. The molecule has 2 heterocycles. The maximum absolute atomic E-state index is 13.0. The van der Waals surface area contributed by atoms with Crippen molar-refractivity contribution < 1.29 is 8.42 Å². The van der Waals surface area contributed by atoms with Crippen LogP contribution in [0.1, 0.15) is 57.2 Å². The number of nitrogens with zero attached hydrogens (tertiary/aromatic N) is 4. The molecular formula is C25H31BClN5O2S. The highest BCUT2D eigenvalue weighted by Gasteiger charge is 2.27. The van der Waals surface area contributed by atoms with Gasteiger partial charge in [-0.3, -0.25) is 5.32 Å². The van der Waals surface area contributed by atoms with E-state index in [1.54, 1.807) is 30.1 Å². The van der Waals surface area contributed by atoms with E-state index in [-0.39, 0.29) is 6.17 Å². The van der Waals surface area contributed by atoms with Crippen LogP contribution in [0.15, 0.2) is 63.1 Å². The Morgan fingerprint density at radius 1 is 1.29 bits per heavy atom. The fourth-order valence-electron chi connectivity index (χ4n) is 4.32. The van der Waals surface area contributed by atoms with Crippen LogP contribution in [0.2, 0.25) is 0 Å². The molecule has 35 heavy (non-hydrogen) atoms. The number of rotatable bonds is 9. The quantitative estimate of drug-likeness (QED) is 0.409. The summed E-state index contributed by atoms with van der Waals surface area (Å²) in [4.78, 5) is 5.07. The van der Waals surface area contributed by atoms with E-state index < -0.39 is 10.0 Å². The first kappa shape index (κ1) is 25.9. The van der Waals surface area contributed by atoms with Crippen molar-refractivity contribution in [1.29, 1.82) is 0 Å². The third-order valence-corrected chi connectivity index (χ3v) is 8.69. The third-order valence-electron chi connectivity index (χ3n) is 6.47. The van der Waals surface area contributed by atoms with Gasteiger partial charge in [0.15, 0.2) is 0 Å². The number of hydrogen-bond acceptors (Lipinski definition) is 5. The van der Waals surface area contributed by atoms with Gasteiger partial charge in [0, 0.05) is 31.2 Å². The molecule has 1 N–H and O–H groups in total. The summed E-state index contributed by atoms with van der Waals surface area (Å²) in [5.41, 5.74) is 3.60. The Labute approximate surface area is 214 Å². The summed E-state index contributed by atoms with van der Waals surface area (Å²) in [6.07, 6.45) is 8.50. The Morgan fingerprint density at radius 3 is 2.71 bits per heavy atom. The van der Waals surface area contributed by atoms with E-state index in [4.69, 9.17) is 24.4 Å². The highest BCUT2D eigenvalue weighted by molar-refractivity contribution is 7.89. The Bertz CT molecular complexity index is 1270. The standard InChI is InChI=1S/C25H31BClN5O2S/c1-17(2)18-9-11-19(12-10-18)35(33,34)31(3)14-6-13-28-24-15-23(20-7-4-5-8-22(20)27)30-25-21(26)16-29-32(24)25/h5,8-12,16-17,24,28H,4,6-7,13-15H2,1-3H3. The van der Waals surface area contributed by atoms with Crippen LogP contribution in [-0.2, 0) is 10.0 Å². The molecule has 1 atom stereocenters. The Kier molecular flexibility index (Phi) is 8.00. The van der Waals surface area contributed by atoms with Gasteiger partial charge >= 0.3 is 0 Å². The van der Waals surface area contributed by atoms with Gasteiger partial charge in [-0.15, -0.1) is 0 Å². The minimum absolute atomic E-state index is 0.136. The van der Waals surface area contributed by atoms with Crippen molar-refractivity contribution in [3.63, 3.8) is 0 Å². The largest absolute Gasteiger partial charge is 0.295 e. The van der Waals surface area contributed by atoms with Crippen LogP contribution in [0.4, 0.5) is 5.82 Å². The summed E-state index contributed by atoms with van der Waals surface area (Å²) in [6.45, 7) is 5.17. The van der Waals surface area contributed by atoms with E-state index in [0.29, 0.717) is 53.1 Å². The number of nitrogens with one attached hydrogen (secondary N) is 1. The predicted octanol–water partition coefficient (Wildman–Crippen LogP) is 3.92. The van der Waals surface area contributed by atoms with Crippen molar-refractivity contribution in [2.75, 3.05) is 20.1 Å². The topological polar surface area (TPSA) is 79.6 Å². The van der Waals surface area contributed by atoms with Crippen molar-refractivity contribution in [3.8, 4) is 0 Å². The normalized spacial score (nSPS) is 18.3. The molecule has 1 unspecified atom stereocenters. The van der Waals surface area contributed by atoms with E-state index in [1.807, 2.05) is 18.2 Å². The summed E-state index contributed by atoms with van der Waals surface area (Å²) in [5.74, 6) is 0.980. The Hall–Kier alpha value is -2.20. The predicted molar refractivity (Wildman–Crippen MR) is 143 cm³/mol. The van der Waals surface area contributed by atoms with Crippen LogP contribution in [0.5, 0.6) is 0 Å². The maximum atomic E-state index is 13.0. The zero-order chi connectivity index (χ0) is 25.2. The van der Waals surface area contributed by atoms with Crippen LogP contribution in [-0.4, -0.2) is 56.2 Å². The monoisotopic (exact) mass is 511 g/mol. The Morgan fingerprint density at radius 2 is 2.03 bits per heavy atom. The van der Waals surface area contributed by atoms with E-state index in [9.17, 15) is 8.42 Å². The highest BCUT2D eigenvalue weighted by atomic mass is 35.5. The molecule has 0 saturated heterocycles. The fraction of sp³-hybridized carbons (Fsp3) is 0.440. The second-order valence-corrected chi connectivity index (χ2v) is 11.7. The van der Waals surface area contributed by atoms with Gasteiger partial charge in [0.1, 0.15) is 19.8 Å². The van der Waals surface area contributed by atoms with Crippen LogP contribution >= 0.6 is 11.6 Å². The van der Waals surface area contributed by atoms with Gasteiger partial charge in [-0.1, -0.05) is 43.7 Å². The fourth-order valence-corrected chi connectivity index (χ4v) is 5.82. The first-order chi connectivity index (χ1) is 16.7. The van der Waals surface area contributed by atoms with Crippen LogP contribution in [0.3, 0.4) is 0 Å². The van der Waals surface area contributed by atoms with Crippen LogP contribution in [0.25, 0.3) is 0 Å². The number of sulfonamides is 1. The third kappa shape index (κ3) is 5.64. The van der Waals surface area contributed by atoms with Crippen molar-refractivity contribution in [1.82, 2.24) is 19.4 Å². The maximum Gasteiger partial charge on any atom is 0.242 e. The molecule has 0 amide bonds. The van der Waals surface area contributed by atoms with Gasteiger partial charge in [-0.2, -0.15) is 5.10 Å². The molecule has 0 bridgehead atoms. The molecule has 1 aromatic carbocycles. The van der Waals surface area contributed by atoms with E-state index >= 15 is 0 Å². The Balaban J connectivity index is 1.38. The van der Waals surface area contributed by atoms with Gasteiger partial charge in [0.25, 0.3) is 0 Å². The lowest BCUT2D eigenvalue weighted by Gasteiger charge is -2.28. The molecular weight excluding hydrogens is 481 g/mol. The molecule has 7 nitrogen and oxygen atoms in total. The summed E-state index contributed by atoms with van der Waals surface area (Å²) < 4.78 is 29.1. The first-order valence-corrected chi connectivity index (χ1v) is 13.8. The molecule has 0 fully saturated rings. The number of aliphatic imine (C=N–C) groups is 1. The average molecular weight is 512 g/mol. The van der Waals surface area contributed by atoms with Crippen LogP contribution < -0.4 is 10.8 Å². The lowest BCUT2D eigenvalue weighted by molar-refractivity contribution is 0.365. The summed E-state index contributed by atoms with van der Waals surface area (Å²) in [7, 11) is 4.20. The van der Waals surface area contributed by atoms with Gasteiger partial charge < -0.3 is 0 Å². The second-order valence-electron chi connectivity index (χ2n) is 9.27. The summed E-state index contributed by atoms with van der Waals surface area (Å²) in [5, 5.41) is 8.62. The smallest absolute Gasteiger partial charge is 0.242 e. The zero-order valence-electron chi connectivity index (χ0n) is 20.4. The molecule has 1 aromatic heterocycles.